The number of carbonyl (C=O) groups excluding carboxylic acids is 1. The van der Waals surface area contributed by atoms with Gasteiger partial charge in [-0.15, -0.1) is 0 Å². The second-order valence-corrected chi connectivity index (χ2v) is 5.33. The molecule has 1 aromatic carbocycles. The lowest BCUT2D eigenvalue weighted by atomic mass is 10.0. The number of aliphatic carboxylic acids is 1. The summed E-state index contributed by atoms with van der Waals surface area (Å²) in [5, 5.41) is 11.6. The van der Waals surface area contributed by atoms with Crippen LogP contribution in [0.1, 0.15) is 30.6 Å². The molecule has 0 aliphatic rings. The molecule has 0 aliphatic heterocycles. The second-order valence-electron chi connectivity index (χ2n) is 4.47. The van der Waals surface area contributed by atoms with Crippen LogP contribution in [0.5, 0.6) is 0 Å². The molecule has 1 atom stereocenters. The maximum atomic E-state index is 12.0. The number of benzene rings is 1. The maximum absolute atomic E-state index is 12.0. The van der Waals surface area contributed by atoms with Gasteiger partial charge in [0.25, 0.3) is 5.91 Å². The van der Waals surface area contributed by atoms with Gasteiger partial charge in [-0.05, 0) is 40.4 Å². The lowest BCUT2D eigenvalue weighted by Crippen LogP contribution is -2.41. The zero-order chi connectivity index (χ0) is 13.7. The van der Waals surface area contributed by atoms with Crippen LogP contribution in [0.3, 0.4) is 0 Å². The molecule has 0 aromatic heterocycles. The van der Waals surface area contributed by atoms with Gasteiger partial charge in [0.05, 0.1) is 5.56 Å². The molecule has 0 radical (unpaired) electrons. The number of hydrogen-bond donors (Lipinski definition) is 2. The molecule has 0 saturated heterocycles. The fourth-order valence-electron chi connectivity index (χ4n) is 1.57. The van der Waals surface area contributed by atoms with Gasteiger partial charge < -0.3 is 10.4 Å². The van der Waals surface area contributed by atoms with E-state index in [-0.39, 0.29) is 11.8 Å². The highest BCUT2D eigenvalue weighted by Crippen LogP contribution is 2.16. The van der Waals surface area contributed by atoms with Crippen molar-refractivity contribution in [2.75, 3.05) is 0 Å². The third kappa shape index (κ3) is 4.14. The van der Waals surface area contributed by atoms with Gasteiger partial charge in [0.15, 0.2) is 0 Å². The Balaban J connectivity index is 2.79. The topological polar surface area (TPSA) is 66.4 Å². The summed E-state index contributed by atoms with van der Waals surface area (Å²) in [5.74, 6) is -1.19. The molecule has 0 spiro atoms. The third-order valence-electron chi connectivity index (χ3n) is 2.43. The van der Waals surface area contributed by atoms with Crippen LogP contribution in [0.15, 0.2) is 28.7 Å². The average Bonchev–Trinajstić information content (AvgIpc) is 2.27. The predicted octanol–water partition coefficient (Wildman–Crippen LogP) is 2.68. The van der Waals surface area contributed by atoms with Crippen LogP contribution in [0.25, 0.3) is 0 Å². The Labute approximate surface area is 115 Å². The molecule has 0 saturated carbocycles. The minimum atomic E-state index is -1.01. The largest absolute Gasteiger partial charge is 0.480 e. The van der Waals surface area contributed by atoms with Gasteiger partial charge in [-0.25, -0.2) is 4.79 Å². The molecule has 1 rings (SSSR count). The van der Waals surface area contributed by atoms with Crippen LogP contribution in [0, 0.1) is 5.92 Å². The first kappa shape index (κ1) is 14.7. The summed E-state index contributed by atoms with van der Waals surface area (Å²) in [6.45, 7) is 3.83. The first-order chi connectivity index (χ1) is 8.41. The summed E-state index contributed by atoms with van der Waals surface area (Å²) in [7, 11) is 0. The average molecular weight is 314 g/mol. The fourth-order valence-corrected chi connectivity index (χ4v) is 2.04. The molecule has 18 heavy (non-hydrogen) atoms. The molecule has 1 aromatic rings. The fraction of sp³-hybridized carbons (Fsp3) is 0.385. The minimum Gasteiger partial charge on any atom is -0.480 e. The Kier molecular flexibility index (Phi) is 5.34. The maximum Gasteiger partial charge on any atom is 0.326 e. The molecule has 0 unspecified atom stereocenters. The van der Waals surface area contributed by atoms with Crippen LogP contribution in [0.2, 0.25) is 0 Å². The number of nitrogens with one attached hydrogen (secondary N) is 1. The van der Waals surface area contributed by atoms with E-state index in [1.54, 1.807) is 24.3 Å². The van der Waals surface area contributed by atoms with Crippen LogP contribution >= 0.6 is 15.9 Å². The summed E-state index contributed by atoms with van der Waals surface area (Å²) in [4.78, 5) is 23.0. The molecule has 2 N–H and O–H groups in total. The van der Waals surface area contributed by atoms with Crippen molar-refractivity contribution < 1.29 is 14.7 Å². The summed E-state index contributed by atoms with van der Waals surface area (Å²) in [5.41, 5.74) is 0.438. The van der Waals surface area contributed by atoms with Gasteiger partial charge in [0, 0.05) is 4.47 Å². The molecule has 1 amide bonds. The Morgan fingerprint density at radius 1 is 1.33 bits per heavy atom. The number of carboxylic acids is 1. The van der Waals surface area contributed by atoms with Crippen LogP contribution in [-0.2, 0) is 4.79 Å². The number of halogens is 1. The Morgan fingerprint density at radius 2 is 1.94 bits per heavy atom. The first-order valence-corrected chi connectivity index (χ1v) is 6.49. The highest BCUT2D eigenvalue weighted by atomic mass is 79.9. The van der Waals surface area contributed by atoms with E-state index in [2.05, 4.69) is 21.2 Å². The van der Waals surface area contributed by atoms with Crippen molar-refractivity contribution in [3.63, 3.8) is 0 Å². The smallest absolute Gasteiger partial charge is 0.326 e. The third-order valence-corrected chi connectivity index (χ3v) is 3.12. The lowest BCUT2D eigenvalue weighted by molar-refractivity contribution is -0.139. The standard InChI is InChI=1S/C13H16BrNO3/c1-8(2)7-11(13(17)18)15-12(16)9-5-3-4-6-10(9)14/h3-6,8,11H,7H2,1-2H3,(H,15,16)(H,17,18)/t11-/m1/s1. The Hall–Kier alpha value is -1.36. The molecule has 5 heteroatoms. The Morgan fingerprint density at radius 3 is 2.44 bits per heavy atom. The SMILES string of the molecule is CC(C)C[C@@H](NC(=O)c1ccccc1Br)C(=O)O. The van der Waals surface area contributed by atoms with Crippen molar-refractivity contribution in [2.24, 2.45) is 5.92 Å². The van der Waals surface area contributed by atoms with Gasteiger partial charge in [-0.2, -0.15) is 0 Å². The zero-order valence-electron chi connectivity index (χ0n) is 10.3. The summed E-state index contributed by atoms with van der Waals surface area (Å²) >= 11 is 3.27. The molecular weight excluding hydrogens is 298 g/mol. The monoisotopic (exact) mass is 313 g/mol. The van der Waals surface area contributed by atoms with Crippen LogP contribution < -0.4 is 5.32 Å². The quantitative estimate of drug-likeness (QED) is 0.878. The van der Waals surface area contributed by atoms with E-state index in [1.807, 2.05) is 13.8 Å². The van der Waals surface area contributed by atoms with Gasteiger partial charge in [-0.3, -0.25) is 4.79 Å². The predicted molar refractivity (Wildman–Crippen MR) is 72.5 cm³/mol. The van der Waals surface area contributed by atoms with Crippen molar-refractivity contribution in [1.82, 2.24) is 5.32 Å². The van der Waals surface area contributed by atoms with Crippen molar-refractivity contribution in [2.45, 2.75) is 26.3 Å². The number of amides is 1. The molecular formula is C13H16BrNO3. The number of carbonyl (C=O) groups is 2. The summed E-state index contributed by atoms with van der Waals surface area (Å²) in [6, 6.07) is 6.06. The zero-order valence-corrected chi connectivity index (χ0v) is 11.9. The molecule has 98 valence electrons. The van der Waals surface area contributed by atoms with Gasteiger partial charge in [0.2, 0.25) is 0 Å². The van der Waals surface area contributed by atoms with Crippen molar-refractivity contribution in [3.05, 3.63) is 34.3 Å². The van der Waals surface area contributed by atoms with E-state index in [0.29, 0.717) is 16.5 Å². The summed E-state index contributed by atoms with van der Waals surface area (Å²) < 4.78 is 0.649. The van der Waals surface area contributed by atoms with Crippen molar-refractivity contribution in [1.29, 1.82) is 0 Å². The lowest BCUT2D eigenvalue weighted by Gasteiger charge is -2.16. The van der Waals surface area contributed by atoms with Gasteiger partial charge in [0.1, 0.15) is 6.04 Å². The molecule has 0 bridgehead atoms. The number of hydrogen-bond acceptors (Lipinski definition) is 2. The van der Waals surface area contributed by atoms with Gasteiger partial charge in [-0.1, -0.05) is 26.0 Å². The summed E-state index contributed by atoms with van der Waals surface area (Å²) in [6.07, 6.45) is 0.408. The molecule has 0 heterocycles. The minimum absolute atomic E-state index is 0.200. The van der Waals surface area contributed by atoms with Gasteiger partial charge >= 0.3 is 5.97 Å². The van der Waals surface area contributed by atoms with E-state index in [9.17, 15) is 9.59 Å². The normalized spacial score (nSPS) is 12.2. The van der Waals surface area contributed by atoms with E-state index in [0.717, 1.165) is 0 Å². The number of rotatable bonds is 5. The highest BCUT2D eigenvalue weighted by molar-refractivity contribution is 9.10. The number of carboxylic acid groups (broad SMARTS) is 1. The van der Waals surface area contributed by atoms with E-state index in [4.69, 9.17) is 5.11 Å². The van der Waals surface area contributed by atoms with Crippen molar-refractivity contribution >= 4 is 27.8 Å². The molecule has 4 nitrogen and oxygen atoms in total. The molecule has 0 aliphatic carbocycles. The molecule has 0 fully saturated rings. The van der Waals surface area contributed by atoms with Crippen LogP contribution in [0.4, 0.5) is 0 Å². The van der Waals surface area contributed by atoms with E-state index < -0.39 is 12.0 Å². The van der Waals surface area contributed by atoms with Crippen LogP contribution in [-0.4, -0.2) is 23.0 Å². The van der Waals surface area contributed by atoms with E-state index in [1.165, 1.54) is 0 Å². The second kappa shape index (κ2) is 6.54. The van der Waals surface area contributed by atoms with E-state index >= 15 is 0 Å². The van der Waals surface area contributed by atoms with Crippen molar-refractivity contribution in [3.8, 4) is 0 Å². The highest BCUT2D eigenvalue weighted by Gasteiger charge is 2.22. The first-order valence-electron chi connectivity index (χ1n) is 5.70. The Bertz CT molecular complexity index is 446.